The van der Waals surface area contributed by atoms with E-state index in [0.717, 1.165) is 34.9 Å². The molecule has 0 aliphatic carbocycles. The van der Waals surface area contributed by atoms with Gasteiger partial charge < -0.3 is 19.6 Å². The maximum absolute atomic E-state index is 13.4. The number of carboxylic acid groups (broad SMARTS) is 1. The van der Waals surface area contributed by atoms with Gasteiger partial charge in [0.2, 0.25) is 11.8 Å². The molecule has 8 nitrogen and oxygen atoms in total. The van der Waals surface area contributed by atoms with Crippen molar-refractivity contribution in [1.29, 1.82) is 0 Å². The lowest BCUT2D eigenvalue weighted by Crippen LogP contribution is -2.36. The predicted molar refractivity (Wildman–Crippen MR) is 129 cm³/mol. The third-order valence-electron chi connectivity index (χ3n) is 5.37. The molecule has 0 saturated heterocycles. The average molecular weight is 515 g/mol. The lowest BCUT2D eigenvalue weighted by molar-refractivity contribution is -0.139. The van der Waals surface area contributed by atoms with Crippen molar-refractivity contribution in [3.8, 4) is 11.6 Å². The van der Waals surface area contributed by atoms with Crippen molar-refractivity contribution >= 4 is 23.5 Å². The fourth-order valence-corrected chi connectivity index (χ4v) is 3.40. The van der Waals surface area contributed by atoms with E-state index in [1.165, 1.54) is 17.0 Å². The number of benzene rings is 2. The highest BCUT2D eigenvalue weighted by molar-refractivity contribution is 6.09. The highest BCUT2D eigenvalue weighted by Gasteiger charge is 2.35. The molecule has 37 heavy (non-hydrogen) atoms. The quantitative estimate of drug-likeness (QED) is 0.452. The molecule has 3 aromatic rings. The van der Waals surface area contributed by atoms with Crippen molar-refractivity contribution < 1.29 is 37.4 Å². The molecular formula is C26H24F3N3O5. The summed E-state index contributed by atoms with van der Waals surface area (Å²) in [7, 11) is 3.10. The zero-order valence-electron chi connectivity index (χ0n) is 20.2. The summed E-state index contributed by atoms with van der Waals surface area (Å²) in [5.74, 6) is -3.25. The molecule has 0 saturated carbocycles. The Balaban J connectivity index is 2.03. The van der Waals surface area contributed by atoms with E-state index >= 15 is 0 Å². The number of aromatic nitrogens is 1. The first-order valence-corrected chi connectivity index (χ1v) is 11.0. The highest BCUT2D eigenvalue weighted by atomic mass is 19.4. The van der Waals surface area contributed by atoms with E-state index in [1.54, 1.807) is 38.4 Å². The lowest BCUT2D eigenvalue weighted by atomic mass is 10.1. The standard InChI is InChI=1S/C26H24F3N3O5/c1-16-6-8-17(9-7-16)24(34)32(14-12-22(33)31(2)3)21-11-10-18(15-19(21)25(35)36)37-23-20(26(27,28)29)5-4-13-30-23/h4-11,13,15H,12,14H2,1-3H3,(H,35,36). The summed E-state index contributed by atoms with van der Waals surface area (Å²) >= 11 is 0. The zero-order valence-corrected chi connectivity index (χ0v) is 20.2. The number of hydrogen-bond acceptors (Lipinski definition) is 5. The number of carbonyl (C=O) groups excluding carboxylic acids is 2. The van der Waals surface area contributed by atoms with Crippen LogP contribution in [-0.2, 0) is 11.0 Å². The summed E-state index contributed by atoms with van der Waals surface area (Å²) in [6, 6.07) is 12.0. The van der Waals surface area contributed by atoms with Crippen molar-refractivity contribution in [3.63, 3.8) is 0 Å². The van der Waals surface area contributed by atoms with Crippen LogP contribution in [-0.4, -0.2) is 53.4 Å². The Morgan fingerprint density at radius 3 is 2.30 bits per heavy atom. The Morgan fingerprint density at radius 1 is 1.03 bits per heavy atom. The summed E-state index contributed by atoms with van der Waals surface area (Å²) in [5.41, 5.74) is -0.405. The number of carbonyl (C=O) groups is 3. The second-order valence-corrected chi connectivity index (χ2v) is 8.30. The van der Waals surface area contributed by atoms with Crippen molar-refractivity contribution in [2.75, 3.05) is 25.5 Å². The molecule has 1 heterocycles. The van der Waals surface area contributed by atoms with Crippen LogP contribution in [0.1, 0.15) is 38.3 Å². The minimum atomic E-state index is -4.74. The number of ether oxygens (including phenoxy) is 1. The Kier molecular flexibility index (Phi) is 8.16. The molecule has 1 N–H and O–H groups in total. The van der Waals surface area contributed by atoms with Gasteiger partial charge in [0, 0.05) is 38.8 Å². The van der Waals surface area contributed by atoms with E-state index in [2.05, 4.69) is 4.98 Å². The molecule has 0 fully saturated rings. The molecule has 0 radical (unpaired) electrons. The number of aromatic carboxylic acids is 1. The molecule has 0 aliphatic heterocycles. The van der Waals surface area contributed by atoms with Crippen LogP contribution in [0.2, 0.25) is 0 Å². The number of alkyl halides is 3. The van der Waals surface area contributed by atoms with E-state index in [-0.39, 0.29) is 35.9 Å². The van der Waals surface area contributed by atoms with Gasteiger partial charge in [0.15, 0.2) is 0 Å². The van der Waals surface area contributed by atoms with Crippen LogP contribution in [0.15, 0.2) is 60.8 Å². The topological polar surface area (TPSA) is 100 Å². The normalized spacial score (nSPS) is 11.1. The molecular weight excluding hydrogens is 491 g/mol. The van der Waals surface area contributed by atoms with E-state index in [4.69, 9.17) is 4.74 Å². The number of anilines is 1. The molecule has 2 aromatic carbocycles. The van der Waals surface area contributed by atoms with Crippen LogP contribution in [0.4, 0.5) is 18.9 Å². The molecule has 0 aliphatic rings. The minimum Gasteiger partial charge on any atom is -0.478 e. The van der Waals surface area contributed by atoms with E-state index in [9.17, 15) is 32.7 Å². The summed E-state index contributed by atoms with van der Waals surface area (Å²) < 4.78 is 45.3. The molecule has 3 rings (SSSR count). The minimum absolute atomic E-state index is 0.0472. The van der Waals surface area contributed by atoms with Crippen LogP contribution in [0.3, 0.4) is 0 Å². The van der Waals surface area contributed by atoms with Gasteiger partial charge in [-0.2, -0.15) is 13.2 Å². The predicted octanol–water partition coefficient (Wildman–Crippen LogP) is 5.02. The molecule has 0 spiro atoms. The van der Waals surface area contributed by atoms with Crippen molar-refractivity contribution in [3.05, 3.63) is 83.0 Å². The van der Waals surface area contributed by atoms with Gasteiger partial charge in [-0.25, -0.2) is 9.78 Å². The number of pyridine rings is 1. The maximum atomic E-state index is 13.4. The number of halogens is 3. The molecule has 11 heteroatoms. The van der Waals surface area contributed by atoms with Gasteiger partial charge in [-0.1, -0.05) is 17.7 Å². The monoisotopic (exact) mass is 515 g/mol. The first-order chi connectivity index (χ1) is 17.4. The Morgan fingerprint density at radius 2 is 1.70 bits per heavy atom. The summed E-state index contributed by atoms with van der Waals surface area (Å²) in [6.45, 7) is 1.71. The number of aryl methyl sites for hydroxylation is 1. The van der Waals surface area contributed by atoms with Gasteiger partial charge in [0.1, 0.15) is 11.3 Å². The van der Waals surface area contributed by atoms with Gasteiger partial charge >= 0.3 is 12.1 Å². The van der Waals surface area contributed by atoms with Crippen molar-refractivity contribution in [2.45, 2.75) is 19.5 Å². The van der Waals surface area contributed by atoms with Gasteiger partial charge in [-0.3, -0.25) is 9.59 Å². The van der Waals surface area contributed by atoms with Gasteiger partial charge in [0.05, 0.1) is 11.3 Å². The van der Waals surface area contributed by atoms with Gasteiger partial charge in [-0.05, 0) is 49.4 Å². The second kappa shape index (κ2) is 11.1. The number of hydrogen-bond donors (Lipinski definition) is 1. The molecule has 1 aromatic heterocycles. The van der Waals surface area contributed by atoms with Crippen LogP contribution < -0.4 is 9.64 Å². The third-order valence-corrected chi connectivity index (χ3v) is 5.37. The van der Waals surface area contributed by atoms with Gasteiger partial charge in [0.25, 0.3) is 5.91 Å². The second-order valence-electron chi connectivity index (χ2n) is 8.30. The zero-order chi connectivity index (χ0) is 27.3. The van der Waals surface area contributed by atoms with Crippen LogP contribution in [0.25, 0.3) is 0 Å². The smallest absolute Gasteiger partial charge is 0.421 e. The Bertz CT molecular complexity index is 1310. The lowest BCUT2D eigenvalue weighted by Gasteiger charge is -2.25. The summed E-state index contributed by atoms with van der Waals surface area (Å²) in [6.07, 6.45) is -3.72. The van der Waals surface area contributed by atoms with Crippen molar-refractivity contribution in [2.24, 2.45) is 0 Å². The number of rotatable bonds is 8. The van der Waals surface area contributed by atoms with E-state index < -0.39 is 35.1 Å². The van der Waals surface area contributed by atoms with Crippen LogP contribution >= 0.6 is 0 Å². The Labute approximate surface area is 210 Å². The van der Waals surface area contributed by atoms with Crippen molar-refractivity contribution in [1.82, 2.24) is 9.88 Å². The molecule has 0 bridgehead atoms. The number of amides is 2. The fourth-order valence-electron chi connectivity index (χ4n) is 3.40. The SMILES string of the molecule is Cc1ccc(C(=O)N(CCC(=O)N(C)C)c2ccc(Oc3ncccc3C(F)(F)F)cc2C(=O)O)cc1. The summed E-state index contributed by atoms with van der Waals surface area (Å²) in [5, 5.41) is 9.88. The third kappa shape index (κ3) is 6.63. The molecule has 2 amide bonds. The largest absolute Gasteiger partial charge is 0.478 e. The van der Waals surface area contributed by atoms with E-state index in [0.29, 0.717) is 0 Å². The molecule has 0 unspecified atom stereocenters. The molecule has 194 valence electrons. The van der Waals surface area contributed by atoms with Gasteiger partial charge in [-0.15, -0.1) is 0 Å². The Hall–Kier alpha value is -4.41. The molecule has 0 atom stereocenters. The van der Waals surface area contributed by atoms with Crippen LogP contribution in [0.5, 0.6) is 11.6 Å². The first-order valence-electron chi connectivity index (χ1n) is 11.0. The maximum Gasteiger partial charge on any atom is 0.421 e. The average Bonchev–Trinajstić information content (AvgIpc) is 2.84. The number of nitrogens with zero attached hydrogens (tertiary/aromatic N) is 3. The van der Waals surface area contributed by atoms with E-state index in [1.807, 2.05) is 6.92 Å². The summed E-state index contributed by atoms with van der Waals surface area (Å²) in [4.78, 5) is 43.9. The first kappa shape index (κ1) is 27.2. The fraction of sp³-hybridized carbons (Fsp3) is 0.231. The highest BCUT2D eigenvalue weighted by Crippen LogP contribution is 2.37. The van der Waals surface area contributed by atoms with Crippen LogP contribution in [0, 0.1) is 6.92 Å². The number of carboxylic acids is 1.